The van der Waals surface area contributed by atoms with Crippen molar-refractivity contribution in [2.75, 3.05) is 23.7 Å². The van der Waals surface area contributed by atoms with Gasteiger partial charge in [-0.15, -0.1) is 0 Å². The van der Waals surface area contributed by atoms with Crippen molar-refractivity contribution in [3.8, 4) is 0 Å². The van der Waals surface area contributed by atoms with Crippen LogP contribution in [0.3, 0.4) is 0 Å². The number of aliphatic hydroxyl groups is 1. The standard InChI is InChI=1S/C18H19N5O5S/c1-2-19-12-6-3-9(7-20-12)14(25)10-4-5-11-16(15(10)26)29-17(22-11)23-13(24)8-21-18(27)28/h3,6-7,21,25H,2,4-5,8H2,1H3,(H,19,20)(H,27,28)(H,22,23,24). The largest absolute Gasteiger partial charge is 0.507 e. The molecule has 3 rings (SSSR count). The molecule has 0 spiro atoms. The second-order valence-corrected chi connectivity index (χ2v) is 7.12. The van der Waals surface area contributed by atoms with Crippen LogP contribution in [0.4, 0.5) is 15.7 Å². The van der Waals surface area contributed by atoms with Crippen LogP contribution in [0.1, 0.15) is 34.3 Å². The molecule has 2 aromatic rings. The number of carboxylic acid groups (broad SMARTS) is 1. The lowest BCUT2D eigenvalue weighted by atomic mass is 9.93. The van der Waals surface area contributed by atoms with E-state index >= 15 is 0 Å². The highest BCUT2D eigenvalue weighted by Crippen LogP contribution is 2.34. The number of hydrogen-bond acceptors (Lipinski definition) is 8. The summed E-state index contributed by atoms with van der Waals surface area (Å²) in [5.41, 5.74) is 1.25. The molecule has 2 heterocycles. The molecule has 0 aromatic carbocycles. The highest BCUT2D eigenvalue weighted by molar-refractivity contribution is 7.18. The van der Waals surface area contributed by atoms with Gasteiger partial charge in [0, 0.05) is 23.9 Å². The number of aliphatic hydroxyl groups excluding tert-OH is 1. The first-order valence-electron chi connectivity index (χ1n) is 8.82. The van der Waals surface area contributed by atoms with Gasteiger partial charge in [0.15, 0.2) is 5.13 Å². The lowest BCUT2D eigenvalue weighted by Crippen LogP contribution is -2.31. The molecule has 2 amide bonds. The number of Topliss-reactive ketones (excluding diaryl/α,β-unsaturated/α-hetero) is 1. The molecule has 0 unspecified atom stereocenters. The van der Waals surface area contributed by atoms with Gasteiger partial charge in [-0.05, 0) is 31.9 Å². The summed E-state index contributed by atoms with van der Waals surface area (Å²) in [6, 6.07) is 3.41. The number of nitrogens with zero attached hydrogens (tertiary/aromatic N) is 2. The predicted octanol–water partition coefficient (Wildman–Crippen LogP) is 2.27. The molecule has 0 bridgehead atoms. The van der Waals surface area contributed by atoms with E-state index in [1.54, 1.807) is 12.1 Å². The normalized spacial score (nSPS) is 14.7. The topological polar surface area (TPSA) is 154 Å². The van der Waals surface area contributed by atoms with Crippen molar-refractivity contribution in [3.05, 3.63) is 40.0 Å². The summed E-state index contributed by atoms with van der Waals surface area (Å²) in [7, 11) is 0. The van der Waals surface area contributed by atoms with Gasteiger partial charge in [0.25, 0.3) is 0 Å². The number of fused-ring (bicyclic) bond motifs is 1. The number of thiazole rings is 1. The summed E-state index contributed by atoms with van der Waals surface area (Å²) in [6.45, 7) is 2.24. The van der Waals surface area contributed by atoms with E-state index in [0.29, 0.717) is 34.8 Å². The summed E-state index contributed by atoms with van der Waals surface area (Å²) in [5, 5.41) is 26.8. The Bertz CT molecular complexity index is 983. The summed E-state index contributed by atoms with van der Waals surface area (Å²) in [4.78, 5) is 43.8. The fourth-order valence-electron chi connectivity index (χ4n) is 2.79. The van der Waals surface area contributed by atoms with Crippen LogP contribution in [0.5, 0.6) is 0 Å². The first-order valence-corrected chi connectivity index (χ1v) is 9.64. The van der Waals surface area contributed by atoms with Gasteiger partial charge in [-0.2, -0.15) is 0 Å². The maximum Gasteiger partial charge on any atom is 0.405 e. The number of carbonyl (C=O) groups excluding carboxylic acids is 2. The molecule has 0 saturated carbocycles. The molecular weight excluding hydrogens is 398 g/mol. The van der Waals surface area contributed by atoms with Crippen LogP contribution in [0.15, 0.2) is 23.9 Å². The van der Waals surface area contributed by atoms with Gasteiger partial charge in [0.05, 0.1) is 5.69 Å². The minimum Gasteiger partial charge on any atom is -0.507 e. The molecule has 0 saturated heterocycles. The molecule has 5 N–H and O–H groups in total. The van der Waals surface area contributed by atoms with Crippen LogP contribution in [0, 0.1) is 0 Å². The zero-order valence-corrected chi connectivity index (χ0v) is 16.3. The van der Waals surface area contributed by atoms with Gasteiger partial charge in [-0.25, -0.2) is 14.8 Å². The number of aryl methyl sites for hydroxylation is 1. The molecule has 10 nitrogen and oxygen atoms in total. The number of carbonyl (C=O) groups is 3. The van der Waals surface area contributed by atoms with Crippen molar-refractivity contribution in [3.63, 3.8) is 0 Å². The van der Waals surface area contributed by atoms with Gasteiger partial charge in [-0.1, -0.05) is 11.3 Å². The van der Waals surface area contributed by atoms with Crippen molar-refractivity contribution < 1.29 is 24.6 Å². The van der Waals surface area contributed by atoms with E-state index in [-0.39, 0.29) is 22.2 Å². The number of aromatic nitrogens is 2. The number of rotatable bonds is 6. The SMILES string of the molecule is CCNc1ccc(C(O)=C2CCc3nc(NC(=O)CNC(=O)O)sc3C2=O)cn1. The van der Waals surface area contributed by atoms with Gasteiger partial charge in [-0.3, -0.25) is 9.59 Å². The quantitative estimate of drug-likeness (QED) is 0.354. The zero-order chi connectivity index (χ0) is 21.0. The Labute approximate surface area is 169 Å². The van der Waals surface area contributed by atoms with Crippen molar-refractivity contribution in [2.45, 2.75) is 19.8 Å². The van der Waals surface area contributed by atoms with Gasteiger partial charge in [0.1, 0.15) is 23.0 Å². The molecule has 0 fully saturated rings. The van der Waals surface area contributed by atoms with Gasteiger partial charge < -0.3 is 26.2 Å². The molecule has 1 aliphatic carbocycles. The number of hydrogen-bond donors (Lipinski definition) is 5. The molecule has 0 aliphatic heterocycles. The predicted molar refractivity (Wildman–Crippen MR) is 107 cm³/mol. The Kier molecular flexibility index (Phi) is 6.07. The van der Waals surface area contributed by atoms with Crippen molar-refractivity contribution in [1.29, 1.82) is 0 Å². The molecule has 11 heteroatoms. The number of allylic oxidation sites excluding steroid dienone is 1. The fraction of sp³-hybridized carbons (Fsp3) is 0.278. The van der Waals surface area contributed by atoms with Crippen LogP contribution < -0.4 is 16.0 Å². The van der Waals surface area contributed by atoms with Crippen LogP contribution in [-0.2, 0) is 11.2 Å². The Morgan fingerprint density at radius 3 is 2.69 bits per heavy atom. The summed E-state index contributed by atoms with van der Waals surface area (Å²) < 4.78 is 0. The molecule has 0 atom stereocenters. The summed E-state index contributed by atoms with van der Waals surface area (Å²) in [5.74, 6) is -0.384. The minimum atomic E-state index is -1.31. The number of nitrogens with one attached hydrogen (secondary N) is 3. The molecule has 29 heavy (non-hydrogen) atoms. The molecule has 1 aliphatic rings. The number of amides is 2. The first kappa shape index (κ1) is 20.3. The molecule has 2 aromatic heterocycles. The van der Waals surface area contributed by atoms with Crippen LogP contribution in [-0.4, -0.2) is 51.1 Å². The van der Waals surface area contributed by atoms with E-state index in [0.717, 1.165) is 17.9 Å². The number of ketones is 1. The van der Waals surface area contributed by atoms with Crippen molar-refractivity contribution in [1.82, 2.24) is 15.3 Å². The second-order valence-electron chi connectivity index (χ2n) is 6.12. The molecule has 152 valence electrons. The Balaban J connectivity index is 1.77. The van der Waals surface area contributed by atoms with E-state index in [2.05, 4.69) is 20.6 Å². The highest BCUT2D eigenvalue weighted by atomic mass is 32.1. The smallest absolute Gasteiger partial charge is 0.405 e. The highest BCUT2D eigenvalue weighted by Gasteiger charge is 2.29. The van der Waals surface area contributed by atoms with Gasteiger partial charge >= 0.3 is 6.09 Å². The Morgan fingerprint density at radius 1 is 1.24 bits per heavy atom. The maximum atomic E-state index is 12.8. The van der Waals surface area contributed by atoms with Crippen molar-refractivity contribution >= 4 is 45.8 Å². The van der Waals surface area contributed by atoms with E-state index in [4.69, 9.17) is 5.11 Å². The van der Waals surface area contributed by atoms with E-state index in [1.807, 2.05) is 12.2 Å². The molecular formula is C18H19N5O5S. The third-order valence-electron chi connectivity index (χ3n) is 4.12. The monoisotopic (exact) mass is 417 g/mol. The molecule has 0 radical (unpaired) electrons. The minimum absolute atomic E-state index is 0.124. The van der Waals surface area contributed by atoms with E-state index < -0.39 is 18.5 Å². The summed E-state index contributed by atoms with van der Waals surface area (Å²) in [6.07, 6.45) is 0.927. The Morgan fingerprint density at radius 2 is 2.03 bits per heavy atom. The summed E-state index contributed by atoms with van der Waals surface area (Å²) >= 11 is 0.993. The zero-order valence-electron chi connectivity index (χ0n) is 15.5. The van der Waals surface area contributed by atoms with Crippen molar-refractivity contribution in [2.24, 2.45) is 0 Å². The lowest BCUT2D eigenvalue weighted by Gasteiger charge is -2.14. The average Bonchev–Trinajstić information content (AvgIpc) is 3.10. The van der Waals surface area contributed by atoms with Gasteiger partial charge in [0.2, 0.25) is 11.7 Å². The third-order valence-corrected chi connectivity index (χ3v) is 5.13. The number of anilines is 2. The Hall–Kier alpha value is -3.47. The second kappa shape index (κ2) is 8.69. The average molecular weight is 417 g/mol. The van der Waals surface area contributed by atoms with Crippen LogP contribution in [0.2, 0.25) is 0 Å². The van der Waals surface area contributed by atoms with Crippen LogP contribution >= 0.6 is 11.3 Å². The number of pyridine rings is 1. The maximum absolute atomic E-state index is 12.8. The van der Waals surface area contributed by atoms with Crippen LogP contribution in [0.25, 0.3) is 5.76 Å². The lowest BCUT2D eigenvalue weighted by molar-refractivity contribution is -0.115. The first-order chi connectivity index (χ1) is 13.9. The fourth-order valence-corrected chi connectivity index (χ4v) is 3.78. The third kappa shape index (κ3) is 4.69. The van der Waals surface area contributed by atoms with E-state index in [1.165, 1.54) is 6.20 Å². The van der Waals surface area contributed by atoms with E-state index in [9.17, 15) is 19.5 Å².